The van der Waals surface area contributed by atoms with Gasteiger partial charge in [0.15, 0.2) is 0 Å². The Hall–Kier alpha value is -2.04. The van der Waals surface area contributed by atoms with Crippen molar-refractivity contribution in [3.63, 3.8) is 0 Å². The number of nitrogens with one attached hydrogen (secondary N) is 1. The van der Waals surface area contributed by atoms with Crippen LogP contribution in [0.1, 0.15) is 11.8 Å². The molecule has 5 heteroatoms. The summed E-state index contributed by atoms with van der Waals surface area (Å²) in [6.45, 7) is 2.27. The number of hydrogen-bond donors (Lipinski definition) is 1. The van der Waals surface area contributed by atoms with Crippen molar-refractivity contribution in [3.8, 4) is 5.75 Å². The van der Waals surface area contributed by atoms with Crippen LogP contribution < -0.4 is 10.1 Å². The molecule has 1 aromatic heterocycles. The van der Waals surface area contributed by atoms with Crippen molar-refractivity contribution in [2.75, 3.05) is 12.4 Å². The number of aryl methyl sites for hydroxylation is 1. The molecule has 0 atom stereocenters. The van der Waals surface area contributed by atoms with Crippen LogP contribution in [0, 0.1) is 6.92 Å². The molecule has 2 aromatic rings. The van der Waals surface area contributed by atoms with Crippen molar-refractivity contribution in [1.82, 2.24) is 10.2 Å². The third-order valence-electron chi connectivity index (χ3n) is 2.08. The van der Waals surface area contributed by atoms with E-state index in [1.54, 1.807) is 14.0 Å². The van der Waals surface area contributed by atoms with E-state index in [2.05, 4.69) is 15.5 Å². The highest BCUT2D eigenvalue weighted by molar-refractivity contribution is 5.47. The molecule has 0 aliphatic carbocycles. The number of benzene rings is 1. The molecule has 84 valence electrons. The lowest BCUT2D eigenvalue weighted by atomic mass is 10.3. The number of rotatable bonds is 4. The quantitative estimate of drug-likeness (QED) is 0.852. The van der Waals surface area contributed by atoms with Crippen LogP contribution in [-0.2, 0) is 6.54 Å². The molecular weight excluding hydrogens is 206 g/mol. The second kappa shape index (κ2) is 4.65. The third-order valence-corrected chi connectivity index (χ3v) is 2.08. The van der Waals surface area contributed by atoms with Crippen molar-refractivity contribution >= 4 is 5.69 Å². The summed E-state index contributed by atoms with van der Waals surface area (Å²) in [4.78, 5) is 0. The Morgan fingerprint density at radius 1 is 1.38 bits per heavy atom. The fourth-order valence-electron chi connectivity index (χ4n) is 1.32. The van der Waals surface area contributed by atoms with Gasteiger partial charge in [0.2, 0.25) is 11.8 Å². The minimum Gasteiger partial charge on any atom is -0.497 e. The van der Waals surface area contributed by atoms with E-state index in [4.69, 9.17) is 9.15 Å². The molecule has 0 fully saturated rings. The number of ether oxygens (including phenoxy) is 1. The maximum Gasteiger partial charge on any atom is 0.235 e. The van der Waals surface area contributed by atoms with Crippen LogP contribution in [0.5, 0.6) is 5.75 Å². The molecule has 0 aliphatic rings. The van der Waals surface area contributed by atoms with E-state index in [0.29, 0.717) is 18.3 Å². The summed E-state index contributed by atoms with van der Waals surface area (Å²) in [6.07, 6.45) is 0. The van der Waals surface area contributed by atoms with Crippen LogP contribution in [0.2, 0.25) is 0 Å². The van der Waals surface area contributed by atoms with E-state index < -0.39 is 0 Å². The van der Waals surface area contributed by atoms with Gasteiger partial charge in [0.25, 0.3) is 0 Å². The summed E-state index contributed by atoms with van der Waals surface area (Å²) in [6, 6.07) is 7.66. The predicted octanol–water partition coefficient (Wildman–Crippen LogP) is 2.00. The molecule has 1 heterocycles. The predicted molar refractivity (Wildman–Crippen MR) is 59.4 cm³/mol. The van der Waals surface area contributed by atoms with Crippen molar-refractivity contribution < 1.29 is 9.15 Å². The van der Waals surface area contributed by atoms with Gasteiger partial charge in [-0.1, -0.05) is 6.07 Å². The Kier molecular flexibility index (Phi) is 3.05. The fourth-order valence-corrected chi connectivity index (χ4v) is 1.32. The van der Waals surface area contributed by atoms with Gasteiger partial charge in [-0.3, -0.25) is 0 Å². The van der Waals surface area contributed by atoms with E-state index in [1.807, 2.05) is 24.3 Å². The highest BCUT2D eigenvalue weighted by Gasteiger charge is 2.01. The molecule has 0 bridgehead atoms. The summed E-state index contributed by atoms with van der Waals surface area (Å²) in [7, 11) is 1.64. The summed E-state index contributed by atoms with van der Waals surface area (Å²) >= 11 is 0. The molecule has 1 aromatic carbocycles. The summed E-state index contributed by atoms with van der Waals surface area (Å²) in [5.41, 5.74) is 0.954. The topological polar surface area (TPSA) is 60.2 Å². The summed E-state index contributed by atoms with van der Waals surface area (Å²) < 4.78 is 10.4. The first-order chi connectivity index (χ1) is 7.78. The van der Waals surface area contributed by atoms with Gasteiger partial charge >= 0.3 is 0 Å². The van der Waals surface area contributed by atoms with E-state index in [0.717, 1.165) is 11.4 Å². The first kappa shape index (κ1) is 10.5. The van der Waals surface area contributed by atoms with Crippen molar-refractivity contribution in [2.24, 2.45) is 0 Å². The zero-order valence-electron chi connectivity index (χ0n) is 9.23. The van der Waals surface area contributed by atoms with E-state index >= 15 is 0 Å². The lowest BCUT2D eigenvalue weighted by Gasteiger charge is -2.05. The Bertz CT molecular complexity index is 468. The maximum atomic E-state index is 5.25. The number of nitrogens with zero attached hydrogens (tertiary/aromatic N) is 2. The summed E-state index contributed by atoms with van der Waals surface area (Å²) in [5.74, 6) is 1.95. The van der Waals surface area contributed by atoms with E-state index in [9.17, 15) is 0 Å². The van der Waals surface area contributed by atoms with Gasteiger partial charge in [-0.25, -0.2) is 0 Å². The molecule has 0 amide bonds. The zero-order valence-corrected chi connectivity index (χ0v) is 9.23. The number of anilines is 1. The molecule has 16 heavy (non-hydrogen) atoms. The lowest BCUT2D eigenvalue weighted by molar-refractivity contribution is 0.415. The normalized spacial score (nSPS) is 10.1. The van der Waals surface area contributed by atoms with Crippen molar-refractivity contribution in [3.05, 3.63) is 36.0 Å². The Balaban J connectivity index is 1.99. The first-order valence-electron chi connectivity index (χ1n) is 4.95. The SMILES string of the molecule is COc1cccc(NCc2nnc(C)o2)c1. The standard InChI is InChI=1S/C11H13N3O2/c1-8-13-14-11(16-8)7-12-9-4-3-5-10(6-9)15-2/h3-6,12H,7H2,1-2H3. The zero-order chi connectivity index (χ0) is 11.4. The molecule has 5 nitrogen and oxygen atoms in total. The molecule has 2 rings (SSSR count). The Morgan fingerprint density at radius 3 is 2.94 bits per heavy atom. The van der Waals surface area contributed by atoms with Gasteiger partial charge in [0.05, 0.1) is 13.7 Å². The molecule has 0 aliphatic heterocycles. The van der Waals surface area contributed by atoms with Gasteiger partial charge in [0.1, 0.15) is 5.75 Å². The average Bonchev–Trinajstić information content (AvgIpc) is 2.73. The second-order valence-corrected chi connectivity index (χ2v) is 3.30. The lowest BCUT2D eigenvalue weighted by Crippen LogP contribution is -1.99. The first-order valence-corrected chi connectivity index (χ1v) is 4.95. The molecule has 0 saturated heterocycles. The molecular formula is C11H13N3O2. The summed E-state index contributed by atoms with van der Waals surface area (Å²) in [5, 5.41) is 10.8. The van der Waals surface area contributed by atoms with Crippen LogP contribution in [0.15, 0.2) is 28.7 Å². The smallest absolute Gasteiger partial charge is 0.235 e. The van der Waals surface area contributed by atoms with Gasteiger partial charge in [-0.2, -0.15) is 0 Å². The van der Waals surface area contributed by atoms with Crippen LogP contribution in [0.25, 0.3) is 0 Å². The Morgan fingerprint density at radius 2 is 2.25 bits per heavy atom. The highest BCUT2D eigenvalue weighted by Crippen LogP contribution is 2.17. The van der Waals surface area contributed by atoms with Gasteiger partial charge < -0.3 is 14.5 Å². The minimum atomic E-state index is 0.508. The van der Waals surface area contributed by atoms with E-state index in [1.165, 1.54) is 0 Å². The number of aromatic nitrogens is 2. The third kappa shape index (κ3) is 2.50. The fraction of sp³-hybridized carbons (Fsp3) is 0.273. The number of hydrogen-bond acceptors (Lipinski definition) is 5. The van der Waals surface area contributed by atoms with Gasteiger partial charge in [-0.05, 0) is 12.1 Å². The molecule has 0 spiro atoms. The van der Waals surface area contributed by atoms with Gasteiger partial charge in [-0.15, -0.1) is 10.2 Å². The molecule has 0 saturated carbocycles. The van der Waals surface area contributed by atoms with E-state index in [-0.39, 0.29) is 0 Å². The average molecular weight is 219 g/mol. The Labute approximate surface area is 93.4 Å². The van der Waals surface area contributed by atoms with Crippen LogP contribution in [0.3, 0.4) is 0 Å². The molecule has 0 unspecified atom stereocenters. The van der Waals surface area contributed by atoms with Crippen LogP contribution >= 0.6 is 0 Å². The van der Waals surface area contributed by atoms with Crippen molar-refractivity contribution in [1.29, 1.82) is 0 Å². The molecule has 1 N–H and O–H groups in total. The second-order valence-electron chi connectivity index (χ2n) is 3.30. The largest absolute Gasteiger partial charge is 0.497 e. The monoisotopic (exact) mass is 219 g/mol. The molecule has 0 radical (unpaired) electrons. The van der Waals surface area contributed by atoms with Crippen LogP contribution in [0.4, 0.5) is 5.69 Å². The van der Waals surface area contributed by atoms with Crippen LogP contribution in [-0.4, -0.2) is 17.3 Å². The van der Waals surface area contributed by atoms with Gasteiger partial charge in [0, 0.05) is 18.7 Å². The maximum absolute atomic E-state index is 5.25. The van der Waals surface area contributed by atoms with Crippen molar-refractivity contribution in [2.45, 2.75) is 13.5 Å². The number of methoxy groups -OCH3 is 1. The minimum absolute atomic E-state index is 0.508. The highest BCUT2D eigenvalue weighted by atomic mass is 16.5.